The van der Waals surface area contributed by atoms with Crippen LogP contribution in [0.5, 0.6) is 0 Å². The van der Waals surface area contributed by atoms with E-state index < -0.39 is 0 Å². The molecule has 1 aromatic carbocycles. The van der Waals surface area contributed by atoms with E-state index in [0.29, 0.717) is 24.1 Å². The Morgan fingerprint density at radius 3 is 3.00 bits per heavy atom. The summed E-state index contributed by atoms with van der Waals surface area (Å²) in [7, 11) is 0. The van der Waals surface area contributed by atoms with Crippen molar-refractivity contribution in [1.29, 1.82) is 0 Å². The number of nitrogens with two attached hydrogens (primary N) is 1. The van der Waals surface area contributed by atoms with Crippen LogP contribution in [0.1, 0.15) is 28.3 Å². The van der Waals surface area contributed by atoms with Gasteiger partial charge in [-0.15, -0.1) is 0 Å². The van der Waals surface area contributed by atoms with Gasteiger partial charge in [-0.05, 0) is 12.6 Å². The van der Waals surface area contributed by atoms with Gasteiger partial charge in [0.2, 0.25) is 0 Å². The number of carbonyl (C=O) groups excluding carboxylic acids is 1. The Morgan fingerprint density at radius 2 is 2.31 bits per heavy atom. The van der Waals surface area contributed by atoms with Crippen molar-refractivity contribution in [3.05, 3.63) is 35.1 Å². The smallest absolute Gasteiger partial charge is 0.163 e. The van der Waals surface area contributed by atoms with Crippen molar-refractivity contribution in [2.45, 2.75) is 12.3 Å². The third kappa shape index (κ3) is 1.16. The number of halogens is 1. The minimum absolute atomic E-state index is 0.00458. The van der Waals surface area contributed by atoms with Gasteiger partial charge in [0.15, 0.2) is 5.78 Å². The second-order valence-corrected chi connectivity index (χ2v) is 3.26. The number of rotatable bonds is 1. The number of fused-ring (bicyclic) bond motifs is 1. The molecule has 68 valence electrons. The number of carbonyl (C=O) groups is 1. The lowest BCUT2D eigenvalue weighted by atomic mass is 10.0. The average Bonchev–Trinajstić information content (AvgIpc) is 2.45. The zero-order valence-electron chi connectivity index (χ0n) is 7.09. The van der Waals surface area contributed by atoms with Gasteiger partial charge in [0, 0.05) is 23.5 Å². The van der Waals surface area contributed by atoms with E-state index in [0.717, 1.165) is 0 Å². The summed E-state index contributed by atoms with van der Waals surface area (Å²) in [6.07, 6.45) is 0.354. The zero-order chi connectivity index (χ0) is 9.42. The molecule has 1 atom stereocenters. The van der Waals surface area contributed by atoms with E-state index in [1.807, 2.05) is 0 Å². The summed E-state index contributed by atoms with van der Waals surface area (Å²) in [4.78, 5) is 11.4. The fraction of sp³-hybridized carbons (Fsp3) is 0.300. The molecule has 0 saturated heterocycles. The predicted octanol–water partition coefficient (Wildman–Crippen LogP) is 1.45. The standard InChI is InChI=1S/C10H10FNO/c11-8-3-1-2-7-9(13)4-6(5-12)10(7)8/h1-3,6H,4-5,12H2. The summed E-state index contributed by atoms with van der Waals surface area (Å²) < 4.78 is 13.3. The van der Waals surface area contributed by atoms with Crippen LogP contribution in [-0.4, -0.2) is 12.3 Å². The van der Waals surface area contributed by atoms with Crippen molar-refractivity contribution >= 4 is 5.78 Å². The summed E-state index contributed by atoms with van der Waals surface area (Å²) in [6, 6.07) is 4.60. The summed E-state index contributed by atoms with van der Waals surface area (Å²) in [5.41, 5.74) is 6.48. The molecule has 0 aliphatic heterocycles. The molecule has 0 bridgehead atoms. The largest absolute Gasteiger partial charge is 0.330 e. The summed E-state index contributed by atoms with van der Waals surface area (Å²) in [5.74, 6) is -0.424. The second-order valence-electron chi connectivity index (χ2n) is 3.26. The third-order valence-electron chi connectivity index (χ3n) is 2.48. The van der Waals surface area contributed by atoms with Crippen LogP contribution in [0.3, 0.4) is 0 Å². The molecule has 3 heteroatoms. The molecule has 2 rings (SSSR count). The van der Waals surface area contributed by atoms with Crippen LogP contribution >= 0.6 is 0 Å². The van der Waals surface area contributed by atoms with Gasteiger partial charge in [0.25, 0.3) is 0 Å². The number of Topliss-reactive ketones (excluding diaryl/α,β-unsaturated/α-hetero) is 1. The van der Waals surface area contributed by atoms with Crippen LogP contribution in [-0.2, 0) is 0 Å². The van der Waals surface area contributed by atoms with Crippen molar-refractivity contribution in [2.24, 2.45) is 5.73 Å². The minimum Gasteiger partial charge on any atom is -0.330 e. The predicted molar refractivity (Wildman–Crippen MR) is 47.1 cm³/mol. The maximum Gasteiger partial charge on any atom is 0.163 e. The molecule has 0 amide bonds. The first kappa shape index (κ1) is 8.38. The van der Waals surface area contributed by atoms with E-state index in [4.69, 9.17) is 5.73 Å². The summed E-state index contributed by atoms with van der Waals surface area (Å²) in [6.45, 7) is 0.333. The Bertz CT molecular complexity index is 362. The number of ketones is 1. The van der Waals surface area contributed by atoms with Gasteiger partial charge in [-0.3, -0.25) is 4.79 Å². The molecule has 2 nitrogen and oxygen atoms in total. The molecule has 0 radical (unpaired) electrons. The Kier molecular flexibility index (Phi) is 1.88. The normalized spacial score (nSPS) is 20.5. The van der Waals surface area contributed by atoms with Crippen molar-refractivity contribution < 1.29 is 9.18 Å². The van der Waals surface area contributed by atoms with Crippen molar-refractivity contribution in [3.8, 4) is 0 Å². The van der Waals surface area contributed by atoms with E-state index in [1.165, 1.54) is 6.07 Å². The minimum atomic E-state index is -0.307. The van der Waals surface area contributed by atoms with Crippen LogP contribution < -0.4 is 5.73 Å². The fourth-order valence-corrected chi connectivity index (χ4v) is 1.83. The Labute approximate surface area is 75.6 Å². The molecule has 13 heavy (non-hydrogen) atoms. The van der Waals surface area contributed by atoms with E-state index in [-0.39, 0.29) is 17.5 Å². The van der Waals surface area contributed by atoms with Gasteiger partial charge in [-0.1, -0.05) is 12.1 Å². The van der Waals surface area contributed by atoms with E-state index >= 15 is 0 Å². The Hall–Kier alpha value is -1.22. The maximum absolute atomic E-state index is 13.3. The SMILES string of the molecule is NCC1CC(=O)c2cccc(F)c21. The van der Waals surface area contributed by atoms with Gasteiger partial charge < -0.3 is 5.73 Å². The first-order valence-corrected chi connectivity index (χ1v) is 4.25. The van der Waals surface area contributed by atoms with Crippen molar-refractivity contribution in [1.82, 2.24) is 0 Å². The summed E-state index contributed by atoms with van der Waals surface area (Å²) >= 11 is 0. The van der Waals surface area contributed by atoms with Gasteiger partial charge in [0.05, 0.1) is 0 Å². The topological polar surface area (TPSA) is 43.1 Å². The number of hydrogen-bond donors (Lipinski definition) is 1. The van der Waals surface area contributed by atoms with Gasteiger partial charge in [-0.2, -0.15) is 0 Å². The Balaban J connectivity index is 2.58. The molecule has 2 N–H and O–H groups in total. The van der Waals surface area contributed by atoms with E-state index in [1.54, 1.807) is 12.1 Å². The van der Waals surface area contributed by atoms with Crippen LogP contribution in [0.25, 0.3) is 0 Å². The molecule has 0 spiro atoms. The molecular formula is C10H10FNO. The molecule has 1 aliphatic rings. The van der Waals surface area contributed by atoms with Crippen LogP contribution in [0.15, 0.2) is 18.2 Å². The quantitative estimate of drug-likeness (QED) is 0.709. The highest BCUT2D eigenvalue weighted by Gasteiger charge is 2.30. The lowest BCUT2D eigenvalue weighted by Gasteiger charge is -2.06. The summed E-state index contributed by atoms with van der Waals surface area (Å²) in [5, 5.41) is 0. The van der Waals surface area contributed by atoms with Gasteiger partial charge in [-0.25, -0.2) is 4.39 Å². The van der Waals surface area contributed by atoms with Gasteiger partial charge >= 0.3 is 0 Å². The van der Waals surface area contributed by atoms with E-state index in [2.05, 4.69) is 0 Å². The highest BCUT2D eigenvalue weighted by molar-refractivity contribution is 6.01. The van der Waals surface area contributed by atoms with Crippen molar-refractivity contribution in [3.63, 3.8) is 0 Å². The van der Waals surface area contributed by atoms with Crippen molar-refractivity contribution in [2.75, 3.05) is 6.54 Å². The fourth-order valence-electron chi connectivity index (χ4n) is 1.83. The molecule has 0 aromatic heterocycles. The molecule has 1 aliphatic carbocycles. The average molecular weight is 179 g/mol. The second kappa shape index (κ2) is 2.92. The number of hydrogen-bond acceptors (Lipinski definition) is 2. The maximum atomic E-state index is 13.3. The monoisotopic (exact) mass is 179 g/mol. The highest BCUT2D eigenvalue weighted by atomic mass is 19.1. The molecule has 1 aromatic rings. The highest BCUT2D eigenvalue weighted by Crippen LogP contribution is 2.33. The lowest BCUT2D eigenvalue weighted by Crippen LogP contribution is -2.10. The first-order valence-electron chi connectivity index (χ1n) is 4.25. The Morgan fingerprint density at radius 1 is 1.54 bits per heavy atom. The van der Waals surface area contributed by atoms with Gasteiger partial charge in [0.1, 0.15) is 5.82 Å². The molecule has 0 heterocycles. The van der Waals surface area contributed by atoms with Crippen LogP contribution in [0, 0.1) is 5.82 Å². The van der Waals surface area contributed by atoms with Crippen LogP contribution in [0.2, 0.25) is 0 Å². The molecule has 1 unspecified atom stereocenters. The van der Waals surface area contributed by atoms with Crippen LogP contribution in [0.4, 0.5) is 4.39 Å². The van der Waals surface area contributed by atoms with E-state index in [9.17, 15) is 9.18 Å². The number of benzene rings is 1. The first-order chi connectivity index (χ1) is 6.24. The third-order valence-corrected chi connectivity index (χ3v) is 2.48. The molecule has 0 saturated carbocycles. The molecule has 0 fully saturated rings. The zero-order valence-corrected chi connectivity index (χ0v) is 7.09. The lowest BCUT2D eigenvalue weighted by molar-refractivity contribution is 0.0989. The molecular weight excluding hydrogens is 169 g/mol.